The molecule has 2 aliphatic heterocycles. The largest absolute Gasteiger partial charge is 0.439 e. The van der Waals surface area contributed by atoms with Crippen molar-refractivity contribution in [1.82, 2.24) is 14.8 Å². The minimum atomic E-state index is -0.589. The molecule has 0 aromatic carbocycles. The number of ether oxygens (including phenoxy) is 1. The van der Waals surface area contributed by atoms with Crippen LogP contribution in [0, 0.1) is 5.92 Å². The third-order valence-electron chi connectivity index (χ3n) is 3.45. The van der Waals surface area contributed by atoms with Crippen LogP contribution in [-0.2, 0) is 9.53 Å². The molecule has 7 nitrogen and oxygen atoms in total. The van der Waals surface area contributed by atoms with Gasteiger partial charge in [0.05, 0.1) is 0 Å². The number of imide groups is 1. The van der Waals surface area contributed by atoms with Crippen LogP contribution >= 0.6 is 0 Å². The molecule has 20 heavy (non-hydrogen) atoms. The Morgan fingerprint density at radius 2 is 2.00 bits per heavy atom. The summed E-state index contributed by atoms with van der Waals surface area (Å²) in [6, 6.07) is 3.33. The predicted molar refractivity (Wildman–Crippen MR) is 66.7 cm³/mol. The van der Waals surface area contributed by atoms with E-state index in [9.17, 15) is 14.4 Å². The van der Waals surface area contributed by atoms with Crippen LogP contribution in [0.2, 0.25) is 0 Å². The van der Waals surface area contributed by atoms with Crippen LogP contribution in [0.5, 0.6) is 0 Å². The molecule has 3 heterocycles. The maximum atomic E-state index is 12.1. The number of hydrogen-bond acceptors (Lipinski definition) is 5. The lowest BCUT2D eigenvalue weighted by Crippen LogP contribution is -2.54. The molecule has 104 valence electrons. The molecule has 0 unspecified atom stereocenters. The van der Waals surface area contributed by atoms with Gasteiger partial charge in [-0.3, -0.25) is 14.6 Å². The van der Waals surface area contributed by atoms with Crippen LogP contribution in [-0.4, -0.2) is 58.9 Å². The first-order chi connectivity index (χ1) is 9.65. The molecular weight excluding hydrogens is 262 g/mol. The van der Waals surface area contributed by atoms with Crippen molar-refractivity contribution < 1.29 is 19.1 Å². The standard InChI is InChI=1S/C13H13N3O4/c17-11-8-20-13(19)16(11)7-9-5-15(6-9)12(18)10-1-3-14-4-2-10/h1-4,9H,5-8H2. The molecule has 1 aromatic heterocycles. The van der Waals surface area contributed by atoms with Gasteiger partial charge in [-0.15, -0.1) is 0 Å². The molecule has 0 radical (unpaired) electrons. The van der Waals surface area contributed by atoms with E-state index in [1.165, 1.54) is 0 Å². The van der Waals surface area contributed by atoms with Crippen molar-refractivity contribution in [3.8, 4) is 0 Å². The van der Waals surface area contributed by atoms with Crippen LogP contribution in [0.4, 0.5) is 4.79 Å². The fourth-order valence-corrected chi connectivity index (χ4v) is 2.34. The van der Waals surface area contributed by atoms with Gasteiger partial charge in [0.1, 0.15) is 0 Å². The maximum Gasteiger partial charge on any atom is 0.417 e. The van der Waals surface area contributed by atoms with Crippen molar-refractivity contribution in [2.24, 2.45) is 5.92 Å². The fraction of sp³-hybridized carbons (Fsp3) is 0.385. The van der Waals surface area contributed by atoms with E-state index in [2.05, 4.69) is 9.72 Å². The van der Waals surface area contributed by atoms with E-state index >= 15 is 0 Å². The lowest BCUT2D eigenvalue weighted by atomic mass is 9.98. The first-order valence-electron chi connectivity index (χ1n) is 6.31. The molecule has 2 saturated heterocycles. The molecule has 0 N–H and O–H groups in total. The van der Waals surface area contributed by atoms with E-state index in [0.717, 1.165) is 4.90 Å². The van der Waals surface area contributed by atoms with E-state index in [1.807, 2.05) is 0 Å². The Morgan fingerprint density at radius 3 is 2.60 bits per heavy atom. The van der Waals surface area contributed by atoms with Crippen molar-refractivity contribution in [3.63, 3.8) is 0 Å². The topological polar surface area (TPSA) is 79.8 Å². The molecule has 0 bridgehead atoms. The SMILES string of the molecule is O=C(c1ccncc1)N1CC(CN2C(=O)COC2=O)C1. The Bertz CT molecular complexity index is 538. The molecule has 0 atom stereocenters. The Labute approximate surface area is 115 Å². The molecule has 0 spiro atoms. The number of carbonyl (C=O) groups excluding carboxylic acids is 3. The minimum absolute atomic E-state index is 0.0565. The number of cyclic esters (lactones) is 1. The van der Waals surface area contributed by atoms with Gasteiger partial charge in [-0.05, 0) is 12.1 Å². The Balaban J connectivity index is 1.53. The highest BCUT2D eigenvalue weighted by molar-refractivity contribution is 5.98. The van der Waals surface area contributed by atoms with Gasteiger partial charge in [0.25, 0.3) is 11.8 Å². The van der Waals surface area contributed by atoms with Gasteiger partial charge < -0.3 is 9.64 Å². The number of nitrogens with zero attached hydrogens (tertiary/aromatic N) is 3. The third-order valence-corrected chi connectivity index (χ3v) is 3.45. The van der Waals surface area contributed by atoms with Crippen molar-refractivity contribution in [1.29, 1.82) is 0 Å². The zero-order chi connectivity index (χ0) is 14.1. The fourth-order valence-electron chi connectivity index (χ4n) is 2.34. The number of hydrogen-bond donors (Lipinski definition) is 0. The van der Waals surface area contributed by atoms with Crippen LogP contribution in [0.25, 0.3) is 0 Å². The van der Waals surface area contributed by atoms with Crippen molar-refractivity contribution in [3.05, 3.63) is 30.1 Å². The first kappa shape index (κ1) is 12.6. The number of carbonyl (C=O) groups is 3. The molecule has 0 saturated carbocycles. The lowest BCUT2D eigenvalue weighted by molar-refractivity contribution is -0.126. The summed E-state index contributed by atoms with van der Waals surface area (Å²) < 4.78 is 4.64. The highest BCUT2D eigenvalue weighted by Crippen LogP contribution is 2.21. The van der Waals surface area contributed by atoms with Crippen LogP contribution in [0.3, 0.4) is 0 Å². The number of aromatic nitrogens is 1. The highest BCUT2D eigenvalue weighted by Gasteiger charge is 2.38. The highest BCUT2D eigenvalue weighted by atomic mass is 16.6. The van der Waals surface area contributed by atoms with Gasteiger partial charge >= 0.3 is 6.09 Å². The zero-order valence-electron chi connectivity index (χ0n) is 10.7. The molecule has 2 fully saturated rings. The molecule has 3 amide bonds. The minimum Gasteiger partial charge on any atom is -0.439 e. The van der Waals surface area contributed by atoms with E-state index in [-0.39, 0.29) is 24.3 Å². The van der Waals surface area contributed by atoms with Crippen LogP contribution in [0.1, 0.15) is 10.4 Å². The molecule has 2 aliphatic rings. The molecule has 3 rings (SSSR count). The van der Waals surface area contributed by atoms with Crippen molar-refractivity contribution in [2.45, 2.75) is 0 Å². The second-order valence-corrected chi connectivity index (χ2v) is 4.87. The van der Waals surface area contributed by atoms with E-state index in [0.29, 0.717) is 25.2 Å². The molecule has 0 aliphatic carbocycles. The average molecular weight is 275 g/mol. The van der Waals surface area contributed by atoms with Crippen molar-refractivity contribution in [2.75, 3.05) is 26.2 Å². The summed E-state index contributed by atoms with van der Waals surface area (Å²) in [6.45, 7) is 1.22. The summed E-state index contributed by atoms with van der Waals surface area (Å²) in [6.07, 6.45) is 2.56. The smallest absolute Gasteiger partial charge is 0.417 e. The van der Waals surface area contributed by atoms with Gasteiger partial charge in [0.15, 0.2) is 6.61 Å². The monoisotopic (exact) mass is 275 g/mol. The summed E-state index contributed by atoms with van der Waals surface area (Å²) >= 11 is 0. The van der Waals surface area contributed by atoms with Crippen molar-refractivity contribution >= 4 is 17.9 Å². The normalized spacial score (nSPS) is 19.0. The Kier molecular flexibility index (Phi) is 3.09. The van der Waals surface area contributed by atoms with Gasteiger partial charge in [-0.25, -0.2) is 9.69 Å². The average Bonchev–Trinajstić information content (AvgIpc) is 2.73. The Hall–Kier alpha value is -2.44. The van der Waals surface area contributed by atoms with Crippen LogP contribution < -0.4 is 0 Å². The van der Waals surface area contributed by atoms with Gasteiger partial charge in [0, 0.05) is 43.5 Å². The third kappa shape index (κ3) is 2.22. The van der Waals surface area contributed by atoms with Gasteiger partial charge in [0.2, 0.25) is 0 Å². The molecule has 1 aromatic rings. The predicted octanol–water partition coefficient (Wildman–Crippen LogP) is 0.132. The summed E-state index contributed by atoms with van der Waals surface area (Å²) in [7, 11) is 0. The van der Waals surface area contributed by atoms with Gasteiger partial charge in [-0.1, -0.05) is 0 Å². The molecular formula is C13H13N3O4. The van der Waals surface area contributed by atoms with E-state index in [1.54, 1.807) is 29.4 Å². The first-order valence-corrected chi connectivity index (χ1v) is 6.31. The van der Waals surface area contributed by atoms with E-state index in [4.69, 9.17) is 0 Å². The summed E-state index contributed by atoms with van der Waals surface area (Å²) in [4.78, 5) is 41.4. The summed E-state index contributed by atoms with van der Waals surface area (Å²) in [5.74, 6) is -0.247. The second-order valence-electron chi connectivity index (χ2n) is 4.87. The number of rotatable bonds is 3. The quantitative estimate of drug-likeness (QED) is 0.783. The maximum absolute atomic E-state index is 12.1. The second kappa shape index (κ2) is 4.92. The number of pyridine rings is 1. The summed E-state index contributed by atoms with van der Waals surface area (Å²) in [5.41, 5.74) is 0.593. The zero-order valence-corrected chi connectivity index (χ0v) is 10.7. The summed E-state index contributed by atoms with van der Waals surface area (Å²) in [5, 5.41) is 0. The number of likely N-dealkylation sites (tertiary alicyclic amines) is 1. The van der Waals surface area contributed by atoms with Gasteiger partial charge in [-0.2, -0.15) is 0 Å². The number of amides is 3. The van der Waals surface area contributed by atoms with Crippen LogP contribution in [0.15, 0.2) is 24.5 Å². The Morgan fingerprint density at radius 1 is 1.30 bits per heavy atom. The lowest BCUT2D eigenvalue weighted by Gasteiger charge is -2.40. The van der Waals surface area contributed by atoms with E-state index < -0.39 is 6.09 Å². The molecule has 7 heteroatoms.